The fraction of sp³-hybridized carbons (Fsp3) is 0.400. The van der Waals surface area contributed by atoms with Crippen molar-refractivity contribution >= 4 is 5.69 Å². The number of nitro groups is 1. The summed E-state index contributed by atoms with van der Waals surface area (Å²) in [5.74, 6) is 0.749. The van der Waals surface area contributed by atoms with Gasteiger partial charge in [-0.25, -0.2) is 0 Å². The maximum atomic E-state index is 10.8. The van der Waals surface area contributed by atoms with Crippen molar-refractivity contribution in [3.63, 3.8) is 0 Å². The molecule has 0 saturated carbocycles. The summed E-state index contributed by atoms with van der Waals surface area (Å²) in [6.07, 6.45) is 0. The molecule has 0 saturated heterocycles. The molecule has 0 aliphatic rings. The lowest BCUT2D eigenvalue weighted by Gasteiger charge is -2.12. The molecule has 0 amide bonds. The Labute approximate surface area is 93.1 Å². The van der Waals surface area contributed by atoms with Crippen molar-refractivity contribution in [2.24, 2.45) is 5.73 Å². The van der Waals surface area contributed by atoms with Gasteiger partial charge in [-0.05, 0) is 13.0 Å². The fourth-order valence-electron chi connectivity index (χ4n) is 1.41. The topological polar surface area (TPSA) is 87.6 Å². The van der Waals surface area contributed by atoms with Crippen molar-refractivity contribution in [3.05, 3.63) is 27.8 Å². The Hall–Kier alpha value is -1.82. The minimum absolute atomic E-state index is 0.0624. The van der Waals surface area contributed by atoms with Gasteiger partial charge in [0.05, 0.1) is 30.8 Å². The van der Waals surface area contributed by atoms with Crippen molar-refractivity contribution in [1.82, 2.24) is 0 Å². The van der Waals surface area contributed by atoms with E-state index >= 15 is 0 Å². The average Bonchev–Trinajstić information content (AvgIpc) is 2.26. The van der Waals surface area contributed by atoms with Gasteiger partial charge in [0.2, 0.25) is 0 Å². The van der Waals surface area contributed by atoms with Crippen molar-refractivity contribution in [2.45, 2.75) is 13.0 Å². The minimum Gasteiger partial charge on any atom is -0.493 e. The van der Waals surface area contributed by atoms with Crippen LogP contribution in [-0.4, -0.2) is 19.1 Å². The smallest absolute Gasteiger partial charge is 0.278 e. The molecule has 0 fully saturated rings. The first-order chi connectivity index (χ1) is 7.51. The lowest BCUT2D eigenvalue weighted by Crippen LogP contribution is -2.09. The Kier molecular flexibility index (Phi) is 3.68. The normalized spacial score (nSPS) is 12.0. The van der Waals surface area contributed by atoms with E-state index in [4.69, 9.17) is 15.2 Å². The van der Waals surface area contributed by atoms with Crippen LogP contribution in [0.25, 0.3) is 0 Å². The summed E-state index contributed by atoms with van der Waals surface area (Å²) in [7, 11) is 2.89. The van der Waals surface area contributed by atoms with E-state index in [1.54, 1.807) is 6.92 Å². The Balaban J connectivity index is 3.41. The van der Waals surface area contributed by atoms with Crippen LogP contribution >= 0.6 is 0 Å². The molecule has 0 heterocycles. The molecule has 0 aliphatic carbocycles. The highest BCUT2D eigenvalue weighted by Gasteiger charge is 2.21. The number of nitrogens with zero attached hydrogens (tertiary/aromatic N) is 1. The van der Waals surface area contributed by atoms with Crippen LogP contribution < -0.4 is 15.2 Å². The van der Waals surface area contributed by atoms with Gasteiger partial charge in [-0.3, -0.25) is 10.1 Å². The van der Waals surface area contributed by atoms with Gasteiger partial charge in [0.15, 0.2) is 11.5 Å². The van der Waals surface area contributed by atoms with Gasteiger partial charge in [-0.15, -0.1) is 0 Å². The highest BCUT2D eigenvalue weighted by Crippen LogP contribution is 2.36. The van der Waals surface area contributed by atoms with Crippen LogP contribution in [0.3, 0.4) is 0 Å². The molecular weight excluding hydrogens is 212 g/mol. The van der Waals surface area contributed by atoms with Gasteiger partial charge < -0.3 is 15.2 Å². The maximum absolute atomic E-state index is 10.8. The molecule has 1 atom stereocenters. The first-order valence-electron chi connectivity index (χ1n) is 4.67. The van der Waals surface area contributed by atoms with Crippen LogP contribution in [-0.2, 0) is 0 Å². The van der Waals surface area contributed by atoms with E-state index < -0.39 is 11.0 Å². The summed E-state index contributed by atoms with van der Waals surface area (Å²) in [4.78, 5) is 10.4. The van der Waals surface area contributed by atoms with Crippen LogP contribution in [0.5, 0.6) is 11.5 Å². The number of rotatable bonds is 4. The summed E-state index contributed by atoms with van der Waals surface area (Å²) >= 11 is 0. The van der Waals surface area contributed by atoms with Gasteiger partial charge in [0, 0.05) is 6.04 Å². The molecule has 6 heteroatoms. The molecule has 0 spiro atoms. The SMILES string of the molecule is COc1cc(C(C)N)c([N+](=O)[O-])cc1OC. The van der Waals surface area contributed by atoms with Gasteiger partial charge in [-0.2, -0.15) is 0 Å². The van der Waals surface area contributed by atoms with Crippen LogP contribution in [0, 0.1) is 10.1 Å². The molecule has 0 aromatic heterocycles. The quantitative estimate of drug-likeness (QED) is 0.622. The second-order valence-corrected chi connectivity index (χ2v) is 3.31. The van der Waals surface area contributed by atoms with Gasteiger partial charge in [-0.1, -0.05) is 0 Å². The second-order valence-electron chi connectivity index (χ2n) is 3.31. The van der Waals surface area contributed by atoms with Crippen molar-refractivity contribution in [1.29, 1.82) is 0 Å². The largest absolute Gasteiger partial charge is 0.493 e. The minimum atomic E-state index is -0.485. The molecule has 1 aromatic rings. The molecule has 0 aliphatic heterocycles. The third kappa shape index (κ3) is 2.22. The summed E-state index contributed by atoms with van der Waals surface area (Å²) in [5, 5.41) is 10.8. The summed E-state index contributed by atoms with van der Waals surface area (Å²) in [5.41, 5.74) is 6.02. The van der Waals surface area contributed by atoms with Gasteiger partial charge >= 0.3 is 0 Å². The molecule has 6 nitrogen and oxygen atoms in total. The predicted molar refractivity (Wildman–Crippen MR) is 58.8 cm³/mol. The number of benzene rings is 1. The van der Waals surface area contributed by atoms with Crippen LogP contribution in [0.1, 0.15) is 18.5 Å². The Morgan fingerprint density at radius 2 is 1.81 bits per heavy atom. The fourth-order valence-corrected chi connectivity index (χ4v) is 1.41. The second kappa shape index (κ2) is 4.80. The van der Waals surface area contributed by atoms with Gasteiger partial charge in [0.25, 0.3) is 5.69 Å². The molecular formula is C10H14N2O4. The standard InChI is InChI=1S/C10H14N2O4/c1-6(11)7-4-9(15-2)10(16-3)5-8(7)12(13)14/h4-6H,11H2,1-3H3. The maximum Gasteiger partial charge on any atom is 0.278 e. The predicted octanol–water partition coefficient (Wildman–Crippen LogP) is 1.63. The highest BCUT2D eigenvalue weighted by molar-refractivity contribution is 5.55. The molecule has 16 heavy (non-hydrogen) atoms. The molecule has 1 rings (SSSR count). The molecule has 88 valence electrons. The molecule has 1 unspecified atom stereocenters. The summed E-state index contributed by atoms with van der Waals surface area (Å²) in [6, 6.07) is 2.40. The van der Waals surface area contributed by atoms with Crippen LogP contribution in [0.2, 0.25) is 0 Å². The first-order valence-corrected chi connectivity index (χ1v) is 4.67. The van der Waals surface area contributed by atoms with E-state index in [0.29, 0.717) is 17.1 Å². The van der Waals surface area contributed by atoms with E-state index in [2.05, 4.69) is 0 Å². The van der Waals surface area contributed by atoms with E-state index in [0.717, 1.165) is 0 Å². The number of methoxy groups -OCH3 is 2. The molecule has 1 aromatic carbocycles. The highest BCUT2D eigenvalue weighted by atomic mass is 16.6. The van der Waals surface area contributed by atoms with Crippen LogP contribution in [0.4, 0.5) is 5.69 Å². The Bertz CT molecular complexity index is 404. The number of hydrogen-bond donors (Lipinski definition) is 1. The van der Waals surface area contributed by atoms with Crippen molar-refractivity contribution in [2.75, 3.05) is 14.2 Å². The summed E-state index contributed by atoms with van der Waals surface area (Å²) < 4.78 is 10.1. The lowest BCUT2D eigenvalue weighted by atomic mass is 10.1. The zero-order valence-electron chi connectivity index (χ0n) is 9.39. The molecule has 0 radical (unpaired) electrons. The zero-order chi connectivity index (χ0) is 12.3. The van der Waals surface area contributed by atoms with E-state index in [1.165, 1.54) is 26.4 Å². The number of hydrogen-bond acceptors (Lipinski definition) is 5. The molecule has 0 bridgehead atoms. The Morgan fingerprint density at radius 3 is 2.19 bits per heavy atom. The third-order valence-electron chi connectivity index (χ3n) is 2.22. The Morgan fingerprint density at radius 1 is 1.31 bits per heavy atom. The molecule has 2 N–H and O–H groups in total. The van der Waals surface area contributed by atoms with E-state index in [9.17, 15) is 10.1 Å². The number of nitro benzene ring substituents is 1. The van der Waals surface area contributed by atoms with Crippen molar-refractivity contribution < 1.29 is 14.4 Å². The third-order valence-corrected chi connectivity index (χ3v) is 2.22. The monoisotopic (exact) mass is 226 g/mol. The van der Waals surface area contributed by atoms with E-state index in [1.807, 2.05) is 0 Å². The first kappa shape index (κ1) is 12.3. The van der Waals surface area contributed by atoms with Crippen molar-refractivity contribution in [3.8, 4) is 11.5 Å². The number of ether oxygens (including phenoxy) is 2. The number of nitrogens with two attached hydrogens (primary N) is 1. The lowest BCUT2D eigenvalue weighted by molar-refractivity contribution is -0.385. The average molecular weight is 226 g/mol. The van der Waals surface area contributed by atoms with E-state index in [-0.39, 0.29) is 5.69 Å². The van der Waals surface area contributed by atoms with Crippen LogP contribution in [0.15, 0.2) is 12.1 Å². The summed E-state index contributed by atoms with van der Waals surface area (Å²) in [6.45, 7) is 1.67. The zero-order valence-corrected chi connectivity index (χ0v) is 9.39. The van der Waals surface area contributed by atoms with Gasteiger partial charge in [0.1, 0.15) is 0 Å².